The number of hydrogen-bond acceptors (Lipinski definition) is 5. The normalized spacial score (nSPS) is 16.6. The van der Waals surface area contributed by atoms with E-state index in [0.29, 0.717) is 25.1 Å². The molecule has 2 atom stereocenters. The molecule has 1 aliphatic heterocycles. The predicted molar refractivity (Wildman–Crippen MR) is 154 cm³/mol. The van der Waals surface area contributed by atoms with Crippen LogP contribution in [0.4, 0.5) is 0 Å². The summed E-state index contributed by atoms with van der Waals surface area (Å²) < 4.78 is 4.24. The average Bonchev–Trinajstić information content (AvgIpc) is 3.59. The van der Waals surface area contributed by atoms with Gasteiger partial charge in [-0.3, -0.25) is 14.3 Å². The van der Waals surface area contributed by atoms with Crippen molar-refractivity contribution in [1.82, 2.24) is 30.0 Å². The van der Waals surface area contributed by atoms with E-state index in [1.165, 1.54) is 0 Å². The molecule has 3 heterocycles. The van der Waals surface area contributed by atoms with E-state index in [4.69, 9.17) is 5.11 Å². The van der Waals surface area contributed by atoms with E-state index in [2.05, 4.69) is 69.5 Å². The Labute approximate surface area is 234 Å². The molecule has 0 radical (unpaired) electrons. The van der Waals surface area contributed by atoms with Crippen LogP contribution in [0.5, 0.6) is 0 Å². The summed E-state index contributed by atoms with van der Waals surface area (Å²) in [6.45, 7) is 4.40. The molecule has 210 valence electrons. The van der Waals surface area contributed by atoms with Crippen LogP contribution in [0.15, 0.2) is 53.3 Å². The molecule has 0 aliphatic carbocycles. The molecular formula is C31H38N6O3. The van der Waals surface area contributed by atoms with E-state index in [0.717, 1.165) is 72.0 Å². The van der Waals surface area contributed by atoms with E-state index in [1.807, 2.05) is 22.9 Å². The van der Waals surface area contributed by atoms with Crippen molar-refractivity contribution in [2.75, 3.05) is 0 Å². The highest BCUT2D eigenvalue weighted by atomic mass is 16.4. The Balaban J connectivity index is 1.46. The number of aromatic nitrogens is 6. The van der Waals surface area contributed by atoms with E-state index in [9.17, 15) is 9.59 Å². The maximum Gasteiger partial charge on any atom is 0.303 e. The smallest absolute Gasteiger partial charge is 0.303 e. The van der Waals surface area contributed by atoms with E-state index >= 15 is 0 Å². The molecule has 2 aromatic heterocycles. The molecule has 5 rings (SSSR count). The zero-order valence-corrected chi connectivity index (χ0v) is 23.3. The lowest BCUT2D eigenvalue weighted by Gasteiger charge is -2.33. The van der Waals surface area contributed by atoms with Crippen molar-refractivity contribution in [3.63, 3.8) is 0 Å². The number of rotatable bonds is 12. The number of aliphatic carboxylic acids is 1. The van der Waals surface area contributed by atoms with Gasteiger partial charge in [0.25, 0.3) is 5.56 Å². The molecule has 0 saturated carbocycles. The fraction of sp³-hybridized carbons (Fsp3) is 0.452. The summed E-state index contributed by atoms with van der Waals surface area (Å²) in [7, 11) is 0. The summed E-state index contributed by atoms with van der Waals surface area (Å²) in [5.41, 5.74) is 6.24. The number of carboxylic acid groups (broad SMARTS) is 1. The fourth-order valence-corrected chi connectivity index (χ4v) is 6.09. The number of benzene rings is 2. The van der Waals surface area contributed by atoms with Gasteiger partial charge < -0.3 is 5.11 Å². The van der Waals surface area contributed by atoms with Gasteiger partial charge in [-0.05, 0) is 72.6 Å². The van der Waals surface area contributed by atoms with Crippen LogP contribution in [0.1, 0.15) is 94.1 Å². The lowest BCUT2D eigenvalue weighted by Crippen LogP contribution is -2.34. The maximum atomic E-state index is 14.0. The first-order valence-electron chi connectivity index (χ1n) is 14.5. The summed E-state index contributed by atoms with van der Waals surface area (Å²) >= 11 is 0. The van der Waals surface area contributed by atoms with Crippen LogP contribution < -0.4 is 5.56 Å². The zero-order valence-electron chi connectivity index (χ0n) is 23.3. The summed E-state index contributed by atoms with van der Waals surface area (Å²) in [4.78, 5) is 25.1. The summed E-state index contributed by atoms with van der Waals surface area (Å²) in [5, 5.41) is 23.5. The number of carbonyl (C=O) groups is 1. The maximum absolute atomic E-state index is 14.0. The van der Waals surface area contributed by atoms with Gasteiger partial charge in [0.2, 0.25) is 0 Å². The molecule has 2 aromatic carbocycles. The number of carboxylic acids is 1. The van der Waals surface area contributed by atoms with Crippen molar-refractivity contribution in [1.29, 1.82) is 0 Å². The topological polar surface area (TPSA) is 119 Å². The van der Waals surface area contributed by atoms with Crippen LogP contribution in [-0.4, -0.2) is 41.1 Å². The first kappa shape index (κ1) is 27.6. The van der Waals surface area contributed by atoms with Crippen LogP contribution in [0.3, 0.4) is 0 Å². The van der Waals surface area contributed by atoms with Crippen LogP contribution in [0, 0.1) is 0 Å². The molecule has 0 fully saturated rings. The lowest BCUT2D eigenvalue weighted by atomic mass is 9.96. The monoisotopic (exact) mass is 542 g/mol. The molecule has 4 aromatic rings. The Morgan fingerprint density at radius 1 is 1.02 bits per heavy atom. The molecule has 0 amide bonds. The van der Waals surface area contributed by atoms with Crippen LogP contribution in [0.25, 0.3) is 22.5 Å². The quantitative estimate of drug-likeness (QED) is 0.213. The highest BCUT2D eigenvalue weighted by Gasteiger charge is 2.31. The van der Waals surface area contributed by atoms with Crippen LogP contribution >= 0.6 is 0 Å². The van der Waals surface area contributed by atoms with E-state index in [1.54, 1.807) is 0 Å². The van der Waals surface area contributed by atoms with Crippen molar-refractivity contribution in [2.24, 2.45) is 0 Å². The van der Waals surface area contributed by atoms with Crippen molar-refractivity contribution < 1.29 is 9.90 Å². The largest absolute Gasteiger partial charge is 0.481 e. The Kier molecular flexibility index (Phi) is 8.57. The molecule has 9 heteroatoms. The Bertz CT molecular complexity index is 1490. The molecular weight excluding hydrogens is 504 g/mol. The Morgan fingerprint density at radius 2 is 1.80 bits per heavy atom. The highest BCUT2D eigenvalue weighted by molar-refractivity contribution is 5.80. The van der Waals surface area contributed by atoms with Crippen LogP contribution in [0.2, 0.25) is 0 Å². The van der Waals surface area contributed by atoms with Crippen LogP contribution in [-0.2, 0) is 17.6 Å². The van der Waals surface area contributed by atoms with E-state index < -0.39 is 5.97 Å². The second kappa shape index (κ2) is 12.4. The third kappa shape index (κ3) is 5.78. The van der Waals surface area contributed by atoms with Gasteiger partial charge in [-0.25, -0.2) is 9.78 Å². The van der Waals surface area contributed by atoms with Gasteiger partial charge in [0.05, 0.1) is 6.04 Å². The van der Waals surface area contributed by atoms with Gasteiger partial charge in [-0.15, -0.1) is 5.10 Å². The third-order valence-corrected chi connectivity index (χ3v) is 8.12. The zero-order chi connectivity index (χ0) is 28.1. The first-order chi connectivity index (χ1) is 19.5. The minimum Gasteiger partial charge on any atom is -0.481 e. The first-order valence-corrected chi connectivity index (χ1v) is 14.5. The number of H-pyrrole nitrogens is 1. The van der Waals surface area contributed by atoms with Gasteiger partial charge in [0, 0.05) is 35.7 Å². The lowest BCUT2D eigenvalue weighted by molar-refractivity contribution is -0.137. The third-order valence-electron chi connectivity index (χ3n) is 8.12. The molecule has 1 aliphatic rings. The molecule has 0 bridgehead atoms. The number of aromatic amines is 1. The van der Waals surface area contributed by atoms with Gasteiger partial charge in [-0.2, -0.15) is 0 Å². The summed E-state index contributed by atoms with van der Waals surface area (Å²) in [5.74, 6) is -0.160. The van der Waals surface area contributed by atoms with Crippen molar-refractivity contribution >= 4 is 5.97 Å². The number of tetrazole rings is 1. The van der Waals surface area contributed by atoms with Gasteiger partial charge in [0.15, 0.2) is 5.82 Å². The molecule has 0 spiro atoms. The number of hydrogen-bond donors (Lipinski definition) is 2. The number of unbranched alkanes of at least 4 members (excludes halogenated alkanes) is 2. The van der Waals surface area contributed by atoms with Gasteiger partial charge in [-0.1, -0.05) is 68.3 Å². The highest BCUT2D eigenvalue weighted by Crippen LogP contribution is 2.34. The number of fused-ring (bicyclic) bond motifs is 1. The predicted octanol–water partition coefficient (Wildman–Crippen LogP) is 5.97. The number of nitrogens with zero attached hydrogens (tertiary/aromatic N) is 5. The second-order valence-electron chi connectivity index (χ2n) is 10.9. The fourth-order valence-electron chi connectivity index (χ4n) is 6.09. The summed E-state index contributed by atoms with van der Waals surface area (Å²) in [6.07, 6.45) is 8.12. The van der Waals surface area contributed by atoms with Gasteiger partial charge in [0.1, 0.15) is 0 Å². The molecule has 2 N–H and O–H groups in total. The number of nitrogens with one attached hydrogen (secondary N) is 1. The molecule has 0 saturated heterocycles. The van der Waals surface area contributed by atoms with E-state index in [-0.39, 0.29) is 24.1 Å². The average molecular weight is 543 g/mol. The Morgan fingerprint density at radius 3 is 2.50 bits per heavy atom. The Hall–Kier alpha value is -4.01. The minimum atomic E-state index is -0.781. The molecule has 2 unspecified atom stereocenters. The standard InChI is InChI=1S/C31H38N6O3/c1-3-4-5-12-28-27(31(40)37-24(9-8-13-29(38)39)19-14-21(2)36(28)37)20-22-15-17-23(18-16-22)25-10-6-7-11-26(25)30-32-34-35-33-30/h6-7,10-11,15-18,21,24H,3-5,8-9,12-14,19-20H2,1-2H3,(H,38,39)(H,32,33,34,35). The second-order valence-corrected chi connectivity index (χ2v) is 10.9. The van der Waals surface area contributed by atoms with Crippen molar-refractivity contribution in [3.8, 4) is 22.5 Å². The SMILES string of the molecule is CCCCCc1c(Cc2ccc(-c3ccccc3-c3nnn[nH]3)cc2)c(=O)n2n1C(C)CCC2CCCC(=O)O. The van der Waals surface area contributed by atoms with Gasteiger partial charge >= 0.3 is 5.97 Å². The molecule has 9 nitrogen and oxygen atoms in total. The molecule has 40 heavy (non-hydrogen) atoms. The minimum absolute atomic E-state index is 0.0474. The van der Waals surface area contributed by atoms with Crippen molar-refractivity contribution in [2.45, 2.75) is 90.1 Å². The van der Waals surface area contributed by atoms with Crippen molar-refractivity contribution in [3.05, 3.63) is 75.7 Å². The summed E-state index contributed by atoms with van der Waals surface area (Å²) in [6, 6.07) is 16.7.